The van der Waals surface area contributed by atoms with Crippen LogP contribution in [0.15, 0.2) is 127 Å². The van der Waals surface area contributed by atoms with E-state index in [2.05, 4.69) is 120 Å². The maximum absolute atomic E-state index is 15.1. The lowest BCUT2D eigenvalue weighted by atomic mass is 9.88. The first-order valence-corrected chi connectivity index (χ1v) is 41.0. The largest absolute Gasteiger partial charge is 0.523 e. The number of likely N-dealkylation sites (N-methyl/N-ethyl adjacent to an activating group) is 1. The van der Waals surface area contributed by atoms with Crippen molar-refractivity contribution in [3.05, 3.63) is 162 Å². The summed E-state index contributed by atoms with van der Waals surface area (Å²) in [7, 11) is 2.27. The van der Waals surface area contributed by atoms with Gasteiger partial charge in [-0.15, -0.1) is 12.4 Å². The number of anilines is 6. The van der Waals surface area contributed by atoms with Gasteiger partial charge in [-0.05, 0) is 197 Å². The first kappa shape index (κ1) is 86.9. The lowest BCUT2D eigenvalue weighted by Gasteiger charge is -2.34. The zero-order chi connectivity index (χ0) is 81.0. The van der Waals surface area contributed by atoms with E-state index in [9.17, 15) is 39.9 Å². The summed E-state index contributed by atoms with van der Waals surface area (Å²) in [6.45, 7) is 8.51. The molecule has 15 rings (SSSR count). The van der Waals surface area contributed by atoms with Crippen molar-refractivity contribution < 1.29 is 71.4 Å². The minimum Gasteiger partial charge on any atom is -0.496 e. The van der Waals surface area contributed by atoms with Crippen LogP contribution >= 0.6 is 12.4 Å². The van der Waals surface area contributed by atoms with Crippen LogP contribution in [0.4, 0.5) is 74.0 Å². The van der Waals surface area contributed by atoms with E-state index in [0.29, 0.717) is 74.5 Å². The molecule has 0 spiro atoms. The highest BCUT2D eigenvalue weighted by atomic mass is 35.5. The second kappa shape index (κ2) is 38.4. The number of hydrogen-bond acceptors (Lipinski definition) is 19. The number of rotatable bonds is 28. The van der Waals surface area contributed by atoms with Crippen LogP contribution in [0.1, 0.15) is 156 Å². The molecule has 0 radical (unpaired) electrons. The molecule has 3 aliphatic heterocycles. The molecule has 1 N–H and O–H groups in total. The summed E-state index contributed by atoms with van der Waals surface area (Å²) < 4.78 is 156. The molecule has 6 heterocycles. The van der Waals surface area contributed by atoms with Gasteiger partial charge in [-0.1, -0.05) is 68.4 Å². The first-order chi connectivity index (χ1) is 54.9. The predicted molar refractivity (Wildman–Crippen MR) is 438 cm³/mol. The van der Waals surface area contributed by atoms with Crippen molar-refractivity contribution in [2.24, 2.45) is 0 Å². The van der Waals surface area contributed by atoms with Crippen molar-refractivity contribution in [1.82, 2.24) is 29.9 Å². The van der Waals surface area contributed by atoms with Crippen molar-refractivity contribution in [2.45, 2.75) is 144 Å². The summed E-state index contributed by atoms with van der Waals surface area (Å²) in [4.78, 5) is 41.6. The molecule has 0 atom stereocenters. The van der Waals surface area contributed by atoms with Gasteiger partial charge in [0.2, 0.25) is 0 Å². The molecular weight excluding hydrogens is 1540 g/mol. The molecule has 19 nitrogen and oxygen atoms in total. The van der Waals surface area contributed by atoms with Gasteiger partial charge in [-0.25, -0.2) is 56.2 Å². The minimum absolute atomic E-state index is 0. The molecule has 6 fully saturated rings. The monoisotopic (exact) mass is 1640 g/mol. The zero-order valence-corrected chi connectivity index (χ0v) is 67.7. The molecule has 3 aliphatic carbocycles. The number of nitrogens with zero attached hydrogens (tertiary/aromatic N) is 12. The number of methoxy groups -OCH3 is 1. The van der Waals surface area contributed by atoms with Crippen molar-refractivity contribution in [3.63, 3.8) is 0 Å². The van der Waals surface area contributed by atoms with Crippen LogP contribution in [0.5, 0.6) is 17.2 Å². The maximum Gasteiger partial charge on any atom is 0.523 e. The van der Waals surface area contributed by atoms with Crippen LogP contribution in [0.3, 0.4) is 0 Å². The molecule has 0 unspecified atom stereocenters. The van der Waals surface area contributed by atoms with Crippen molar-refractivity contribution in [1.29, 1.82) is 0 Å². The van der Waals surface area contributed by atoms with Gasteiger partial charge in [0.05, 0.1) is 36.9 Å². The summed E-state index contributed by atoms with van der Waals surface area (Å²) in [6, 6.07) is 42.6. The van der Waals surface area contributed by atoms with Gasteiger partial charge in [0.25, 0.3) is 0 Å². The molecule has 0 amide bonds. The van der Waals surface area contributed by atoms with Crippen molar-refractivity contribution in [3.8, 4) is 17.2 Å². The third-order valence-corrected chi connectivity index (χ3v) is 23.1. The standard InChI is InChI=1S/C28H34F2N4O.C27H32F2N4O2.C27H33FN4O.C3H4F4O3S.ClH/c1-3-15-33(2)21-8-9-24-23(19-21)26(32-27(31-24)28(30)12-13-28)34-16-10-20(11-17-34)22-6-4-5-7-25(22)35-18-14-29;1-32(15-16-34)20-6-7-23-22(18-20)25(31-26(30-23)27(29)10-11-27)33-13-8-19(9-14-33)21-4-2-3-5-24(21)35-17-12-28;1-4-15-31(2)20-9-10-23-22(18-20)25(30-26(29-23)27(28)13-14-27)32-16-11-19(12-17-32)21-7-5-6-8-24(21)33-3;4-1-2-10-11(8,9)3(5,6)7;/h4-9,19-20H,3,10-18H2,1-2H3;2-7,18-19,34H,8-17H2,1H3;5-10,18-19H,4,11-17H2,1-3H3;1-2H2;1H. The van der Waals surface area contributed by atoms with E-state index in [-0.39, 0.29) is 38.1 Å². The normalized spacial score (nSPS) is 17.1. The Labute approximate surface area is 673 Å². The van der Waals surface area contributed by atoms with E-state index in [4.69, 9.17) is 29.2 Å². The molecule has 30 heteroatoms. The Hall–Kier alpha value is -8.93. The Kier molecular flexibility index (Phi) is 29.0. The molecule has 6 aliphatic rings. The third kappa shape index (κ3) is 20.9. The summed E-state index contributed by atoms with van der Waals surface area (Å²) >= 11 is 0. The molecule has 9 aromatic rings. The number of alkyl halides is 9. The molecule has 6 aromatic carbocycles. The molecule has 0 bridgehead atoms. The van der Waals surface area contributed by atoms with Gasteiger partial charge >= 0.3 is 15.6 Å². The zero-order valence-electron chi connectivity index (χ0n) is 66.1. The average Bonchev–Trinajstić information content (AvgIpc) is 1.72. The van der Waals surface area contributed by atoms with Gasteiger partial charge in [0, 0.05) is 113 Å². The maximum atomic E-state index is 15.1. The predicted octanol–water partition coefficient (Wildman–Crippen LogP) is 18.0. The quantitative estimate of drug-likeness (QED) is 0.0277. The van der Waals surface area contributed by atoms with Crippen molar-refractivity contribution >= 4 is 89.7 Å². The van der Waals surface area contributed by atoms with Crippen molar-refractivity contribution in [2.75, 3.05) is 163 Å². The van der Waals surface area contributed by atoms with Crippen LogP contribution in [0.2, 0.25) is 0 Å². The fraction of sp³-hybridized carbons (Fsp3) is 0.506. The minimum atomic E-state index is -5.60. The van der Waals surface area contributed by atoms with Gasteiger partial charge in [0.15, 0.2) is 34.5 Å². The number of para-hydroxylation sites is 3. The summed E-state index contributed by atoms with van der Waals surface area (Å²) in [5, 5.41) is 12.2. The third-order valence-electron chi connectivity index (χ3n) is 22.1. The number of aliphatic hydroxyl groups excluding tert-OH is 1. The topological polar surface area (TPSA) is 188 Å². The highest BCUT2D eigenvalue weighted by Crippen LogP contribution is 2.52. The van der Waals surface area contributed by atoms with Crippen LogP contribution in [0, 0.1) is 0 Å². The van der Waals surface area contributed by atoms with E-state index in [1.54, 1.807) is 7.11 Å². The number of aliphatic hydroxyl groups is 1. The summed E-state index contributed by atoms with van der Waals surface area (Å²) in [5.41, 5.74) is -0.503. The number of piperidine rings is 3. The Morgan fingerprint density at radius 1 is 0.461 bits per heavy atom. The number of hydrogen-bond donors (Lipinski definition) is 1. The lowest BCUT2D eigenvalue weighted by molar-refractivity contribution is -0.0544. The molecule has 622 valence electrons. The Balaban J connectivity index is 0.000000159. The number of halogens is 10. The summed E-state index contributed by atoms with van der Waals surface area (Å²) in [5.74, 6) is 7.01. The van der Waals surface area contributed by atoms with Crippen LogP contribution in [-0.4, -0.2) is 183 Å². The van der Waals surface area contributed by atoms with Gasteiger partial charge in [-0.2, -0.15) is 21.6 Å². The average molecular weight is 1640 g/mol. The lowest BCUT2D eigenvalue weighted by Crippen LogP contribution is -2.34. The number of ether oxygens (including phenoxy) is 3. The van der Waals surface area contributed by atoms with Crippen LogP contribution in [-0.2, 0) is 31.3 Å². The Bertz CT molecular complexity index is 4650. The molecule has 3 saturated heterocycles. The molecule has 115 heavy (non-hydrogen) atoms. The van der Waals surface area contributed by atoms with Crippen LogP contribution < -0.4 is 43.6 Å². The fourth-order valence-corrected chi connectivity index (χ4v) is 15.6. The summed E-state index contributed by atoms with van der Waals surface area (Å²) in [6.07, 6.45) is 10.7. The highest BCUT2D eigenvalue weighted by Gasteiger charge is 2.51. The number of benzene rings is 6. The molecule has 3 aromatic heterocycles. The van der Waals surface area contributed by atoms with E-state index >= 15 is 13.2 Å². The molecular formula is C85H104ClF9N12O7S. The van der Waals surface area contributed by atoms with E-state index < -0.39 is 59.3 Å². The highest BCUT2D eigenvalue weighted by molar-refractivity contribution is 7.87. The van der Waals surface area contributed by atoms with Gasteiger partial charge in [0.1, 0.15) is 67.9 Å². The first-order valence-electron chi connectivity index (χ1n) is 39.6. The molecule has 3 saturated carbocycles. The van der Waals surface area contributed by atoms with E-state index in [1.165, 1.54) is 5.56 Å². The van der Waals surface area contributed by atoms with E-state index in [0.717, 1.165) is 199 Å². The number of fused-ring (bicyclic) bond motifs is 3. The number of aromatic nitrogens is 6. The van der Waals surface area contributed by atoms with Gasteiger partial charge < -0.3 is 48.7 Å². The Morgan fingerprint density at radius 3 is 1.05 bits per heavy atom. The second-order valence-electron chi connectivity index (χ2n) is 30.2. The second-order valence-corrected chi connectivity index (χ2v) is 31.8. The van der Waals surface area contributed by atoms with Crippen LogP contribution in [0.25, 0.3) is 32.7 Å². The Morgan fingerprint density at radius 2 is 0.765 bits per heavy atom. The van der Waals surface area contributed by atoms with Gasteiger partial charge in [-0.3, -0.25) is 4.18 Å². The van der Waals surface area contributed by atoms with E-state index in [1.807, 2.05) is 90.8 Å². The smallest absolute Gasteiger partial charge is 0.496 e. The fourth-order valence-electron chi connectivity index (χ4n) is 15.2. The SMILES string of the molecule is CCCN(C)c1ccc2nc(C3(F)CC3)nc(N3CCC(c4ccccc4OC)CC3)c2c1.CCCN(C)c1ccc2nc(C3(F)CC3)nc(N3CCC(c4ccccc4OCCF)CC3)c2c1.CN(CCO)c1ccc2nc(C3(F)CC3)nc(N3CCC(c4ccccc4OCCF)CC3)c2c1.Cl.O=S(=O)(OCCF)C(F)(F)F.